The van der Waals surface area contributed by atoms with Gasteiger partial charge in [0.25, 0.3) is 0 Å². The van der Waals surface area contributed by atoms with Gasteiger partial charge in [-0.1, -0.05) is 0 Å². The molecule has 0 aliphatic carbocycles. The normalized spacial score (nSPS) is 13.2. The van der Waals surface area contributed by atoms with E-state index < -0.39 is 0 Å². The van der Waals surface area contributed by atoms with Crippen molar-refractivity contribution in [2.24, 2.45) is 0 Å². The van der Waals surface area contributed by atoms with Crippen LogP contribution >= 0.6 is 11.3 Å². The zero-order chi connectivity index (χ0) is 12.3. The lowest BCUT2D eigenvalue weighted by atomic mass is 10.1. The minimum Gasteiger partial charge on any atom is -0.424 e. The lowest BCUT2D eigenvalue weighted by molar-refractivity contribution is 0.223. The number of rotatable bonds is 5. The molecule has 1 unspecified atom stereocenters. The van der Waals surface area contributed by atoms with Crippen molar-refractivity contribution in [3.63, 3.8) is 0 Å². The van der Waals surface area contributed by atoms with Gasteiger partial charge in [-0.3, -0.25) is 4.90 Å². The van der Waals surface area contributed by atoms with Gasteiger partial charge in [0.2, 0.25) is 11.8 Å². The molecule has 0 saturated heterocycles. The molecule has 0 radical (unpaired) electrons. The standard InChI is InChI=1S/C12H17N3OS/c1-9(6-11-4-5-17-8-11)15(3)7-12-14-13-10(2)16-12/h4-5,8-9H,6-7H2,1-3H3. The highest BCUT2D eigenvalue weighted by Gasteiger charge is 2.13. The Morgan fingerprint density at radius 1 is 1.47 bits per heavy atom. The number of hydrogen-bond donors (Lipinski definition) is 0. The number of thiophene rings is 1. The summed E-state index contributed by atoms with van der Waals surface area (Å²) in [5.41, 5.74) is 1.39. The minimum absolute atomic E-state index is 0.455. The molecule has 0 amide bonds. The Balaban J connectivity index is 1.89. The summed E-state index contributed by atoms with van der Waals surface area (Å²) in [6.45, 7) is 4.72. The number of likely N-dealkylation sites (N-methyl/N-ethyl adjacent to an activating group) is 1. The number of aromatic nitrogens is 2. The van der Waals surface area contributed by atoms with Crippen molar-refractivity contribution in [1.82, 2.24) is 15.1 Å². The Morgan fingerprint density at radius 2 is 2.29 bits per heavy atom. The highest BCUT2D eigenvalue weighted by Crippen LogP contribution is 2.13. The molecule has 0 spiro atoms. The van der Waals surface area contributed by atoms with Gasteiger partial charge in [0.05, 0.1) is 6.54 Å². The van der Waals surface area contributed by atoms with Gasteiger partial charge in [-0.05, 0) is 42.8 Å². The van der Waals surface area contributed by atoms with E-state index in [9.17, 15) is 0 Å². The molecule has 0 aliphatic heterocycles. The Kier molecular flexibility index (Phi) is 3.91. The van der Waals surface area contributed by atoms with Gasteiger partial charge in [-0.15, -0.1) is 10.2 Å². The third-order valence-corrected chi connectivity index (χ3v) is 3.55. The maximum Gasteiger partial charge on any atom is 0.230 e. The topological polar surface area (TPSA) is 42.2 Å². The van der Waals surface area contributed by atoms with Crippen LogP contribution in [0.2, 0.25) is 0 Å². The summed E-state index contributed by atoms with van der Waals surface area (Å²) in [4.78, 5) is 2.23. The van der Waals surface area contributed by atoms with Gasteiger partial charge in [-0.2, -0.15) is 11.3 Å². The fraction of sp³-hybridized carbons (Fsp3) is 0.500. The van der Waals surface area contributed by atoms with E-state index in [1.165, 1.54) is 5.56 Å². The van der Waals surface area contributed by atoms with Gasteiger partial charge in [0, 0.05) is 13.0 Å². The zero-order valence-electron chi connectivity index (χ0n) is 10.4. The Hall–Kier alpha value is -1.20. The van der Waals surface area contributed by atoms with Crippen LogP contribution in [0.1, 0.15) is 24.3 Å². The summed E-state index contributed by atoms with van der Waals surface area (Å²) < 4.78 is 5.38. The highest BCUT2D eigenvalue weighted by molar-refractivity contribution is 7.07. The van der Waals surface area contributed by atoms with Crippen LogP contribution in [0.3, 0.4) is 0 Å². The van der Waals surface area contributed by atoms with E-state index in [-0.39, 0.29) is 0 Å². The van der Waals surface area contributed by atoms with Crippen molar-refractivity contribution in [3.05, 3.63) is 34.2 Å². The van der Waals surface area contributed by atoms with Crippen molar-refractivity contribution < 1.29 is 4.42 Å². The number of aryl methyl sites for hydroxylation is 1. The molecule has 2 aromatic rings. The summed E-state index contributed by atoms with van der Waals surface area (Å²) in [6, 6.07) is 2.63. The number of hydrogen-bond acceptors (Lipinski definition) is 5. The molecule has 92 valence electrons. The molecule has 0 saturated carbocycles. The number of nitrogens with zero attached hydrogens (tertiary/aromatic N) is 3. The summed E-state index contributed by atoms with van der Waals surface area (Å²) in [5.74, 6) is 1.31. The first-order valence-electron chi connectivity index (χ1n) is 5.65. The molecule has 0 bridgehead atoms. The lowest BCUT2D eigenvalue weighted by Gasteiger charge is -2.22. The molecule has 2 rings (SSSR count). The maximum absolute atomic E-state index is 5.38. The second kappa shape index (κ2) is 5.42. The van der Waals surface area contributed by atoms with E-state index in [1.54, 1.807) is 11.3 Å². The third-order valence-electron chi connectivity index (χ3n) is 2.82. The summed E-state index contributed by atoms with van der Waals surface area (Å²) in [7, 11) is 2.08. The zero-order valence-corrected chi connectivity index (χ0v) is 11.2. The molecule has 0 N–H and O–H groups in total. The van der Waals surface area contributed by atoms with E-state index in [0.29, 0.717) is 24.4 Å². The highest BCUT2D eigenvalue weighted by atomic mass is 32.1. The molecule has 0 aromatic carbocycles. The largest absolute Gasteiger partial charge is 0.424 e. The smallest absolute Gasteiger partial charge is 0.230 e. The molecular weight excluding hydrogens is 234 g/mol. The Morgan fingerprint density at radius 3 is 2.88 bits per heavy atom. The predicted octanol–water partition coefficient (Wildman–Crippen LogP) is 2.50. The monoisotopic (exact) mass is 251 g/mol. The van der Waals surface area contributed by atoms with E-state index >= 15 is 0 Å². The molecule has 2 aromatic heterocycles. The lowest BCUT2D eigenvalue weighted by Crippen LogP contribution is -2.30. The first kappa shape index (κ1) is 12.3. The van der Waals surface area contributed by atoms with E-state index in [4.69, 9.17) is 4.42 Å². The van der Waals surface area contributed by atoms with E-state index in [0.717, 1.165) is 6.42 Å². The van der Waals surface area contributed by atoms with Crippen LogP contribution in [-0.2, 0) is 13.0 Å². The van der Waals surface area contributed by atoms with Gasteiger partial charge in [-0.25, -0.2) is 0 Å². The van der Waals surface area contributed by atoms with Crippen molar-refractivity contribution in [1.29, 1.82) is 0 Å². The van der Waals surface area contributed by atoms with Crippen molar-refractivity contribution in [2.45, 2.75) is 32.9 Å². The third kappa shape index (κ3) is 3.38. The predicted molar refractivity (Wildman–Crippen MR) is 68.0 cm³/mol. The summed E-state index contributed by atoms with van der Waals surface area (Å²) in [5, 5.41) is 12.2. The molecule has 5 heteroatoms. The maximum atomic E-state index is 5.38. The molecule has 4 nitrogen and oxygen atoms in total. The first-order valence-corrected chi connectivity index (χ1v) is 6.59. The van der Waals surface area contributed by atoms with Crippen LogP contribution in [0.15, 0.2) is 21.2 Å². The molecule has 17 heavy (non-hydrogen) atoms. The fourth-order valence-corrected chi connectivity index (χ4v) is 2.36. The van der Waals surface area contributed by atoms with Crippen molar-refractivity contribution in [3.8, 4) is 0 Å². The second-order valence-electron chi connectivity index (χ2n) is 4.31. The van der Waals surface area contributed by atoms with Crippen LogP contribution in [0.5, 0.6) is 0 Å². The average Bonchev–Trinajstić information content (AvgIpc) is 2.90. The van der Waals surface area contributed by atoms with Crippen LogP contribution < -0.4 is 0 Å². The molecule has 0 aliphatic rings. The quantitative estimate of drug-likeness (QED) is 0.819. The first-order chi connectivity index (χ1) is 8.15. The average molecular weight is 251 g/mol. The van der Waals surface area contributed by atoms with Gasteiger partial charge < -0.3 is 4.42 Å². The molecule has 0 fully saturated rings. The Bertz CT molecular complexity index is 452. The fourth-order valence-electron chi connectivity index (χ4n) is 1.68. The van der Waals surface area contributed by atoms with Crippen LogP contribution in [0, 0.1) is 6.92 Å². The molecule has 2 heterocycles. The minimum atomic E-state index is 0.455. The van der Waals surface area contributed by atoms with Crippen molar-refractivity contribution in [2.75, 3.05) is 7.05 Å². The Labute approximate surface area is 105 Å². The summed E-state index contributed by atoms with van der Waals surface area (Å²) in [6.07, 6.45) is 1.05. The van der Waals surface area contributed by atoms with Gasteiger partial charge >= 0.3 is 0 Å². The molecule has 1 atom stereocenters. The second-order valence-corrected chi connectivity index (χ2v) is 5.09. The van der Waals surface area contributed by atoms with Crippen LogP contribution in [0.4, 0.5) is 0 Å². The van der Waals surface area contributed by atoms with Crippen LogP contribution in [0.25, 0.3) is 0 Å². The van der Waals surface area contributed by atoms with E-state index in [1.807, 2.05) is 6.92 Å². The van der Waals surface area contributed by atoms with Gasteiger partial charge in [0.1, 0.15) is 0 Å². The molecular formula is C12H17N3OS. The summed E-state index contributed by atoms with van der Waals surface area (Å²) >= 11 is 1.74. The van der Waals surface area contributed by atoms with Crippen LogP contribution in [-0.4, -0.2) is 28.2 Å². The SMILES string of the molecule is Cc1nnc(CN(C)C(C)Cc2ccsc2)o1. The van der Waals surface area contributed by atoms with Gasteiger partial charge in [0.15, 0.2) is 0 Å². The van der Waals surface area contributed by atoms with E-state index in [2.05, 4.69) is 45.9 Å². The van der Waals surface area contributed by atoms with Crippen molar-refractivity contribution >= 4 is 11.3 Å².